The Kier molecular flexibility index (Phi) is 2.93. The largest absolute Gasteiger partial charge is 0.481 e. The first-order valence-corrected chi connectivity index (χ1v) is 6.08. The van der Waals surface area contributed by atoms with Crippen LogP contribution in [0.5, 0.6) is 0 Å². The molecule has 0 spiro atoms. The number of halogens is 2. The molecule has 0 aromatic rings. The van der Waals surface area contributed by atoms with Gasteiger partial charge in [0.2, 0.25) is 5.92 Å². The van der Waals surface area contributed by atoms with Crippen molar-refractivity contribution in [3.63, 3.8) is 0 Å². The van der Waals surface area contributed by atoms with Crippen molar-refractivity contribution in [2.45, 2.75) is 57.3 Å². The number of carbonyl (C=O) groups is 1. The number of alkyl halides is 2. The molecule has 2 saturated carbocycles. The average Bonchev–Trinajstić information content (AvgIpc) is 2.67. The number of hydrogen-bond acceptors (Lipinski definition) is 1. The molecule has 0 aromatic heterocycles. The van der Waals surface area contributed by atoms with Crippen molar-refractivity contribution >= 4 is 5.97 Å². The highest BCUT2D eigenvalue weighted by atomic mass is 19.3. The maximum atomic E-state index is 13.0. The molecule has 1 N–H and O–H groups in total. The van der Waals surface area contributed by atoms with Gasteiger partial charge < -0.3 is 5.11 Å². The number of hydrogen-bond donors (Lipinski definition) is 1. The van der Waals surface area contributed by atoms with Gasteiger partial charge in [0.15, 0.2) is 0 Å². The van der Waals surface area contributed by atoms with Crippen LogP contribution >= 0.6 is 0 Å². The molecule has 0 atom stereocenters. The predicted octanol–water partition coefficient (Wildman–Crippen LogP) is 3.46. The lowest BCUT2D eigenvalue weighted by molar-refractivity contribution is -0.156. The first-order chi connectivity index (χ1) is 7.46. The summed E-state index contributed by atoms with van der Waals surface area (Å²) < 4.78 is 26.1. The Hall–Kier alpha value is -0.670. The Balaban J connectivity index is 2.09. The summed E-state index contributed by atoms with van der Waals surface area (Å²) in [4.78, 5) is 11.4. The van der Waals surface area contributed by atoms with Gasteiger partial charge in [-0.3, -0.25) is 4.79 Å². The standard InChI is InChI=1S/C12H18F2O2/c13-12(14)7-3-9(4-8-12)11(10(15)16)5-1-2-6-11/h9H,1-8H2,(H,15,16). The second kappa shape index (κ2) is 3.97. The molecule has 2 aliphatic rings. The second-order valence-corrected chi connectivity index (χ2v) is 5.30. The first kappa shape index (κ1) is 11.8. The SMILES string of the molecule is O=C(O)C1(C2CCC(F)(F)CC2)CCCC1. The third kappa shape index (κ3) is 1.94. The van der Waals surface area contributed by atoms with Gasteiger partial charge in [0, 0.05) is 12.8 Å². The molecule has 16 heavy (non-hydrogen) atoms. The third-order valence-corrected chi connectivity index (χ3v) is 4.42. The number of rotatable bonds is 2. The molecule has 92 valence electrons. The van der Waals surface area contributed by atoms with Crippen LogP contribution in [-0.4, -0.2) is 17.0 Å². The number of aliphatic carboxylic acids is 1. The maximum absolute atomic E-state index is 13.0. The fourth-order valence-corrected chi connectivity index (χ4v) is 3.40. The average molecular weight is 232 g/mol. The van der Waals surface area contributed by atoms with Gasteiger partial charge in [-0.2, -0.15) is 0 Å². The Morgan fingerprint density at radius 1 is 1.06 bits per heavy atom. The Labute approximate surface area is 94.0 Å². The Morgan fingerprint density at radius 2 is 1.56 bits per heavy atom. The van der Waals surface area contributed by atoms with Crippen molar-refractivity contribution in [1.29, 1.82) is 0 Å². The van der Waals surface area contributed by atoms with Gasteiger partial charge >= 0.3 is 5.97 Å². The van der Waals surface area contributed by atoms with Crippen LogP contribution in [0.1, 0.15) is 51.4 Å². The minimum Gasteiger partial charge on any atom is -0.481 e. The van der Waals surface area contributed by atoms with Gasteiger partial charge in [-0.25, -0.2) is 8.78 Å². The van der Waals surface area contributed by atoms with Gasteiger partial charge in [0.1, 0.15) is 0 Å². The number of carboxylic acids is 1. The van der Waals surface area contributed by atoms with Crippen molar-refractivity contribution in [3.8, 4) is 0 Å². The fourth-order valence-electron chi connectivity index (χ4n) is 3.40. The molecular formula is C12H18F2O2. The quantitative estimate of drug-likeness (QED) is 0.791. The summed E-state index contributed by atoms with van der Waals surface area (Å²) in [6, 6.07) is 0. The summed E-state index contributed by atoms with van der Waals surface area (Å²) in [5, 5.41) is 9.36. The maximum Gasteiger partial charge on any atom is 0.309 e. The van der Waals surface area contributed by atoms with E-state index in [1.165, 1.54) is 0 Å². The molecule has 0 bridgehead atoms. The second-order valence-electron chi connectivity index (χ2n) is 5.30. The molecule has 0 aromatic carbocycles. The van der Waals surface area contributed by atoms with Crippen LogP contribution < -0.4 is 0 Å². The molecule has 0 unspecified atom stereocenters. The van der Waals surface area contributed by atoms with Gasteiger partial charge in [0.05, 0.1) is 5.41 Å². The van der Waals surface area contributed by atoms with E-state index in [9.17, 15) is 18.7 Å². The highest BCUT2D eigenvalue weighted by Gasteiger charge is 2.50. The zero-order valence-electron chi connectivity index (χ0n) is 9.35. The van der Waals surface area contributed by atoms with Gasteiger partial charge in [-0.1, -0.05) is 12.8 Å². The smallest absolute Gasteiger partial charge is 0.309 e. The van der Waals surface area contributed by atoms with Crippen LogP contribution in [0.4, 0.5) is 8.78 Å². The third-order valence-electron chi connectivity index (χ3n) is 4.42. The van der Waals surface area contributed by atoms with E-state index in [-0.39, 0.29) is 18.8 Å². The summed E-state index contributed by atoms with van der Waals surface area (Å²) >= 11 is 0. The minimum absolute atomic E-state index is 0.0351. The molecule has 0 heterocycles. The molecule has 0 saturated heterocycles. The van der Waals surface area contributed by atoms with E-state index in [2.05, 4.69) is 0 Å². The van der Waals surface area contributed by atoms with E-state index >= 15 is 0 Å². The summed E-state index contributed by atoms with van der Waals surface area (Å²) in [6.07, 6.45) is 3.70. The molecule has 0 aliphatic heterocycles. The van der Waals surface area contributed by atoms with Crippen LogP contribution in [0.15, 0.2) is 0 Å². The van der Waals surface area contributed by atoms with Crippen LogP contribution in [0, 0.1) is 11.3 Å². The zero-order valence-corrected chi connectivity index (χ0v) is 9.35. The predicted molar refractivity (Wildman–Crippen MR) is 55.4 cm³/mol. The molecule has 4 heteroatoms. The van der Waals surface area contributed by atoms with E-state index in [0.29, 0.717) is 25.7 Å². The highest BCUT2D eigenvalue weighted by molar-refractivity contribution is 5.75. The van der Waals surface area contributed by atoms with Crippen LogP contribution in [0.25, 0.3) is 0 Å². The molecule has 2 aliphatic carbocycles. The van der Waals surface area contributed by atoms with Crippen molar-refractivity contribution in [2.24, 2.45) is 11.3 Å². The summed E-state index contributed by atoms with van der Waals surface area (Å²) in [6.45, 7) is 0. The van der Waals surface area contributed by atoms with Crippen LogP contribution in [0.2, 0.25) is 0 Å². The van der Waals surface area contributed by atoms with Crippen LogP contribution in [-0.2, 0) is 4.79 Å². The lowest BCUT2D eigenvalue weighted by atomic mass is 9.67. The molecular weight excluding hydrogens is 214 g/mol. The van der Waals surface area contributed by atoms with Crippen molar-refractivity contribution in [2.75, 3.05) is 0 Å². The van der Waals surface area contributed by atoms with E-state index in [0.717, 1.165) is 12.8 Å². The van der Waals surface area contributed by atoms with Gasteiger partial charge in [-0.15, -0.1) is 0 Å². The van der Waals surface area contributed by atoms with Gasteiger partial charge in [0.25, 0.3) is 0 Å². The van der Waals surface area contributed by atoms with Crippen molar-refractivity contribution < 1.29 is 18.7 Å². The lowest BCUT2D eigenvalue weighted by Crippen LogP contribution is -2.40. The molecule has 2 nitrogen and oxygen atoms in total. The van der Waals surface area contributed by atoms with Crippen molar-refractivity contribution in [3.05, 3.63) is 0 Å². The molecule has 0 radical (unpaired) electrons. The normalized spacial score (nSPS) is 29.1. The Bertz CT molecular complexity index is 273. The topological polar surface area (TPSA) is 37.3 Å². The fraction of sp³-hybridized carbons (Fsp3) is 0.917. The molecule has 0 amide bonds. The minimum atomic E-state index is -2.56. The van der Waals surface area contributed by atoms with Crippen molar-refractivity contribution in [1.82, 2.24) is 0 Å². The van der Waals surface area contributed by atoms with E-state index in [1.807, 2.05) is 0 Å². The monoisotopic (exact) mass is 232 g/mol. The Morgan fingerprint density at radius 3 is 2.00 bits per heavy atom. The highest BCUT2D eigenvalue weighted by Crippen LogP contribution is 2.51. The lowest BCUT2D eigenvalue weighted by Gasteiger charge is -2.38. The summed E-state index contributed by atoms with van der Waals surface area (Å²) in [5.41, 5.74) is -0.684. The van der Waals surface area contributed by atoms with E-state index in [1.54, 1.807) is 0 Å². The first-order valence-electron chi connectivity index (χ1n) is 6.08. The van der Waals surface area contributed by atoms with Gasteiger partial charge in [-0.05, 0) is 31.6 Å². The zero-order chi connectivity index (χ0) is 11.8. The summed E-state index contributed by atoms with van der Waals surface area (Å²) in [7, 11) is 0. The van der Waals surface area contributed by atoms with E-state index in [4.69, 9.17) is 0 Å². The molecule has 2 fully saturated rings. The molecule has 2 rings (SSSR count). The number of carboxylic acid groups (broad SMARTS) is 1. The van der Waals surface area contributed by atoms with E-state index < -0.39 is 17.3 Å². The summed E-state index contributed by atoms with van der Waals surface area (Å²) in [5.74, 6) is -3.36. The van der Waals surface area contributed by atoms with Crippen LogP contribution in [0.3, 0.4) is 0 Å².